The minimum absolute atomic E-state index is 0.0741. The molecule has 0 amide bonds. The number of anilines is 1. The van der Waals surface area contributed by atoms with E-state index in [9.17, 15) is 9.59 Å². The Morgan fingerprint density at radius 1 is 0.756 bits per heavy atom. The molecule has 0 radical (unpaired) electrons. The van der Waals surface area contributed by atoms with Crippen LogP contribution < -0.4 is 20.9 Å². The van der Waals surface area contributed by atoms with Crippen LogP contribution in [0.3, 0.4) is 0 Å². The van der Waals surface area contributed by atoms with Crippen LogP contribution in [-0.4, -0.2) is 17.9 Å². The molecular weight excluding hydrogens is 552 g/mol. The number of carbonyl (C=O) groups is 1. The number of benzene rings is 5. The van der Waals surface area contributed by atoms with E-state index in [1.807, 2.05) is 55.4 Å². The van der Waals surface area contributed by atoms with Gasteiger partial charge in [-0.05, 0) is 64.2 Å². The maximum atomic E-state index is 14.3. The van der Waals surface area contributed by atoms with Crippen molar-refractivity contribution in [3.05, 3.63) is 153 Å². The van der Waals surface area contributed by atoms with Crippen molar-refractivity contribution in [2.45, 2.75) is 6.92 Å². The van der Waals surface area contributed by atoms with Gasteiger partial charge in [0, 0.05) is 53.2 Å². The Morgan fingerprint density at radius 3 is 2.27 bits per heavy atom. The SMILES string of the molecule is C=Cc1ccc(-c2cccc3c(=O)c4/c(n(C)c23)=C\c2cccc(-c3ccc5ccccc5c3)c2N(C)C(=C/C=O)\C=4)cc1C. The first-order valence-electron chi connectivity index (χ1n) is 15.0. The lowest BCUT2D eigenvalue weighted by molar-refractivity contribution is -0.104. The molecule has 1 aromatic heterocycles. The Bertz CT molecular complexity index is 2430. The Kier molecular flexibility index (Phi) is 6.90. The summed E-state index contributed by atoms with van der Waals surface area (Å²) in [6, 6.07) is 33.2. The van der Waals surface area contributed by atoms with E-state index < -0.39 is 0 Å². The number of carbonyl (C=O) groups excluding carboxylic acids is 1. The van der Waals surface area contributed by atoms with Crippen LogP contribution in [0.25, 0.3) is 62.2 Å². The number of nitrogens with zero attached hydrogens (tertiary/aromatic N) is 2. The fraction of sp³-hybridized carbons (Fsp3) is 0.0732. The molecule has 0 bridgehead atoms. The summed E-state index contributed by atoms with van der Waals surface area (Å²) in [5.41, 5.74) is 9.66. The van der Waals surface area contributed by atoms with Crippen LogP contribution in [-0.2, 0) is 11.8 Å². The third-order valence-electron chi connectivity index (χ3n) is 8.97. The summed E-state index contributed by atoms with van der Waals surface area (Å²) in [4.78, 5) is 28.3. The Morgan fingerprint density at radius 2 is 1.49 bits per heavy atom. The van der Waals surface area contributed by atoms with E-state index in [1.54, 1.807) is 0 Å². The quantitative estimate of drug-likeness (QED) is 0.164. The van der Waals surface area contributed by atoms with E-state index in [4.69, 9.17) is 0 Å². The fourth-order valence-corrected chi connectivity index (χ4v) is 6.66. The minimum atomic E-state index is -0.0741. The first-order chi connectivity index (χ1) is 21.9. The summed E-state index contributed by atoms with van der Waals surface area (Å²) in [5.74, 6) is 0. The number of aromatic nitrogens is 1. The smallest absolute Gasteiger partial charge is 0.197 e. The van der Waals surface area contributed by atoms with Crippen LogP contribution in [0.5, 0.6) is 0 Å². The van der Waals surface area contributed by atoms with Crippen molar-refractivity contribution in [2.24, 2.45) is 7.05 Å². The van der Waals surface area contributed by atoms with Crippen molar-refractivity contribution in [3.8, 4) is 22.3 Å². The molecule has 5 aromatic carbocycles. The number of aryl methyl sites for hydroxylation is 2. The van der Waals surface area contributed by atoms with Gasteiger partial charge in [0.05, 0.1) is 16.6 Å². The molecule has 1 aliphatic rings. The number of allylic oxidation sites excluding steroid dienone is 2. The van der Waals surface area contributed by atoms with Crippen LogP contribution in [0.15, 0.2) is 120 Å². The predicted octanol–water partition coefficient (Wildman–Crippen LogP) is 7.12. The topological polar surface area (TPSA) is 42.3 Å². The Labute approximate surface area is 261 Å². The van der Waals surface area contributed by atoms with Gasteiger partial charge in [0.25, 0.3) is 0 Å². The molecule has 218 valence electrons. The normalized spacial score (nSPS) is 14.9. The summed E-state index contributed by atoms with van der Waals surface area (Å²) >= 11 is 0. The van der Waals surface area contributed by atoms with Gasteiger partial charge in [0.1, 0.15) is 6.29 Å². The zero-order chi connectivity index (χ0) is 31.2. The molecule has 0 aliphatic carbocycles. The van der Waals surface area contributed by atoms with Crippen molar-refractivity contribution in [1.29, 1.82) is 0 Å². The van der Waals surface area contributed by atoms with E-state index in [0.717, 1.165) is 67.2 Å². The standard InChI is InChI=1S/C41H32N2O2/c1-5-27-16-18-30(22-26(27)2)35-14-9-15-36-40(35)43(4)38-24-32-12-8-13-34(31-19-17-28-10-6-7-11-29(28)23-31)39(32)42(3)33(20-21-44)25-37(38)41(36)45/h5-25H,1H2,2-4H3/b33-20-,37-25+,38-24+. The zero-order valence-corrected chi connectivity index (χ0v) is 25.5. The number of aldehydes is 1. The highest BCUT2D eigenvalue weighted by atomic mass is 16.1. The van der Waals surface area contributed by atoms with Gasteiger partial charge in [0.15, 0.2) is 5.43 Å². The number of hydrogen-bond acceptors (Lipinski definition) is 3. The third-order valence-corrected chi connectivity index (χ3v) is 8.97. The number of rotatable bonds is 4. The summed E-state index contributed by atoms with van der Waals surface area (Å²) in [6.45, 7) is 6.01. The largest absolute Gasteiger partial charge is 0.344 e. The minimum Gasteiger partial charge on any atom is -0.344 e. The maximum absolute atomic E-state index is 14.3. The second-order valence-corrected chi connectivity index (χ2v) is 11.5. The van der Waals surface area contributed by atoms with Crippen molar-refractivity contribution < 1.29 is 4.79 Å². The molecule has 0 unspecified atom stereocenters. The lowest BCUT2D eigenvalue weighted by Crippen LogP contribution is -2.46. The molecule has 4 nitrogen and oxygen atoms in total. The highest BCUT2D eigenvalue weighted by Crippen LogP contribution is 2.37. The van der Waals surface area contributed by atoms with Gasteiger partial charge in [-0.15, -0.1) is 0 Å². The lowest BCUT2D eigenvalue weighted by Gasteiger charge is -2.27. The van der Waals surface area contributed by atoms with Crippen LogP contribution in [0.2, 0.25) is 0 Å². The summed E-state index contributed by atoms with van der Waals surface area (Å²) < 4.78 is 2.12. The molecule has 0 atom stereocenters. The van der Waals surface area contributed by atoms with Crippen LogP contribution in [0, 0.1) is 6.92 Å². The highest BCUT2D eigenvalue weighted by Gasteiger charge is 2.20. The molecule has 0 spiro atoms. The Hall–Kier alpha value is -5.74. The monoisotopic (exact) mass is 584 g/mol. The van der Waals surface area contributed by atoms with Gasteiger partial charge in [-0.2, -0.15) is 0 Å². The van der Waals surface area contributed by atoms with Gasteiger partial charge in [0.2, 0.25) is 0 Å². The van der Waals surface area contributed by atoms with E-state index in [0.29, 0.717) is 16.3 Å². The van der Waals surface area contributed by atoms with Gasteiger partial charge >= 0.3 is 0 Å². The average molecular weight is 585 g/mol. The summed E-state index contributed by atoms with van der Waals surface area (Å²) in [7, 11) is 3.97. The van der Waals surface area contributed by atoms with Crippen LogP contribution >= 0.6 is 0 Å². The molecule has 6 aromatic rings. The van der Waals surface area contributed by atoms with Gasteiger partial charge < -0.3 is 9.47 Å². The fourth-order valence-electron chi connectivity index (χ4n) is 6.66. The van der Waals surface area contributed by atoms with E-state index in [1.165, 1.54) is 11.5 Å². The van der Waals surface area contributed by atoms with Crippen molar-refractivity contribution in [2.75, 3.05) is 11.9 Å². The van der Waals surface area contributed by atoms with E-state index in [-0.39, 0.29) is 5.43 Å². The first-order valence-corrected chi connectivity index (χ1v) is 15.0. The van der Waals surface area contributed by atoms with Crippen molar-refractivity contribution in [3.63, 3.8) is 0 Å². The van der Waals surface area contributed by atoms with E-state index in [2.05, 4.69) is 96.9 Å². The van der Waals surface area contributed by atoms with Gasteiger partial charge in [-0.25, -0.2) is 0 Å². The molecule has 7 rings (SSSR count). The van der Waals surface area contributed by atoms with Crippen LogP contribution in [0.1, 0.15) is 16.7 Å². The Balaban J connectivity index is 1.57. The molecular formula is C41H32N2O2. The summed E-state index contributed by atoms with van der Waals surface area (Å²) in [5, 5.41) is 4.28. The molecule has 1 aliphatic heterocycles. The summed E-state index contributed by atoms with van der Waals surface area (Å²) in [6.07, 6.45) is 8.11. The molecule has 0 fully saturated rings. The molecule has 2 heterocycles. The zero-order valence-electron chi connectivity index (χ0n) is 25.5. The number of para-hydroxylation sites is 2. The number of hydrogen-bond donors (Lipinski definition) is 0. The molecule has 0 N–H and O–H groups in total. The predicted molar refractivity (Wildman–Crippen MR) is 189 cm³/mol. The average Bonchev–Trinajstić information content (AvgIpc) is 3.06. The second-order valence-electron chi connectivity index (χ2n) is 11.5. The number of pyridine rings is 1. The van der Waals surface area contributed by atoms with Crippen molar-refractivity contribution >= 4 is 51.9 Å². The molecule has 0 saturated heterocycles. The van der Waals surface area contributed by atoms with Gasteiger partial charge in [-0.1, -0.05) is 97.6 Å². The maximum Gasteiger partial charge on any atom is 0.197 e. The number of fused-ring (bicyclic) bond motifs is 4. The lowest BCUT2D eigenvalue weighted by atomic mass is 9.95. The van der Waals surface area contributed by atoms with Gasteiger partial charge in [-0.3, -0.25) is 9.59 Å². The third kappa shape index (κ3) is 4.63. The second kappa shape index (κ2) is 11.1. The molecule has 45 heavy (non-hydrogen) atoms. The van der Waals surface area contributed by atoms with E-state index >= 15 is 0 Å². The molecule has 4 heteroatoms. The first kappa shape index (κ1) is 28.1. The van der Waals surface area contributed by atoms with Crippen LogP contribution in [0.4, 0.5) is 5.69 Å². The highest BCUT2D eigenvalue weighted by molar-refractivity contribution is 5.96. The molecule has 0 saturated carbocycles. The van der Waals surface area contributed by atoms with Crippen molar-refractivity contribution in [1.82, 2.24) is 4.57 Å².